The number of hydrogen-bond acceptors (Lipinski definition) is 2. The molecule has 2 aliphatic rings. The van der Waals surface area contributed by atoms with E-state index in [1.165, 1.54) is 48.6 Å². The summed E-state index contributed by atoms with van der Waals surface area (Å²) < 4.78 is 7.53. The smallest absolute Gasteiger partial charge is 0.0708 e. The largest absolute Gasteiger partial charge is 0.370 e. The van der Waals surface area contributed by atoms with Gasteiger partial charge in [-0.25, -0.2) is 0 Å². The van der Waals surface area contributed by atoms with Gasteiger partial charge in [0, 0.05) is 17.1 Å². The van der Waals surface area contributed by atoms with Crippen LogP contribution >= 0.6 is 15.9 Å². The van der Waals surface area contributed by atoms with Gasteiger partial charge in [0.25, 0.3) is 0 Å². The Balaban J connectivity index is 1.52. The second-order valence-electron chi connectivity index (χ2n) is 6.32. The maximum absolute atomic E-state index is 6.35. The zero-order valence-corrected chi connectivity index (χ0v) is 13.8. The van der Waals surface area contributed by atoms with E-state index in [0.717, 1.165) is 6.54 Å². The van der Waals surface area contributed by atoms with Gasteiger partial charge in [0.05, 0.1) is 11.7 Å². The van der Waals surface area contributed by atoms with E-state index in [1.807, 2.05) is 0 Å². The molecule has 0 bridgehead atoms. The third kappa shape index (κ3) is 3.10. The van der Waals surface area contributed by atoms with Crippen molar-refractivity contribution in [3.63, 3.8) is 0 Å². The molecular weight excluding hydrogens is 314 g/mol. The van der Waals surface area contributed by atoms with Crippen molar-refractivity contribution in [1.82, 2.24) is 5.32 Å². The van der Waals surface area contributed by atoms with Gasteiger partial charge < -0.3 is 10.1 Å². The van der Waals surface area contributed by atoms with Crippen molar-refractivity contribution in [2.75, 3.05) is 6.54 Å². The quantitative estimate of drug-likeness (QED) is 0.867. The normalized spacial score (nSPS) is 26.2. The number of benzene rings is 1. The molecule has 1 spiro atoms. The van der Waals surface area contributed by atoms with Gasteiger partial charge in [-0.2, -0.15) is 0 Å². The van der Waals surface area contributed by atoms with Crippen LogP contribution < -0.4 is 5.32 Å². The van der Waals surface area contributed by atoms with Gasteiger partial charge in [-0.05, 0) is 44.2 Å². The zero-order valence-electron chi connectivity index (χ0n) is 12.2. The van der Waals surface area contributed by atoms with Crippen molar-refractivity contribution < 1.29 is 4.74 Å². The second kappa shape index (κ2) is 6.17. The van der Waals surface area contributed by atoms with Gasteiger partial charge in [0.2, 0.25) is 0 Å². The molecule has 1 aromatic carbocycles. The Bertz CT molecular complexity index is 456. The highest BCUT2D eigenvalue weighted by atomic mass is 79.9. The molecule has 1 saturated heterocycles. The Labute approximate surface area is 130 Å². The van der Waals surface area contributed by atoms with Crippen LogP contribution in [-0.4, -0.2) is 18.2 Å². The first kappa shape index (κ1) is 14.6. The molecule has 1 heterocycles. The van der Waals surface area contributed by atoms with Gasteiger partial charge in [-0.15, -0.1) is 0 Å². The van der Waals surface area contributed by atoms with Crippen LogP contribution in [0.2, 0.25) is 0 Å². The molecule has 3 rings (SSSR count). The van der Waals surface area contributed by atoms with Crippen LogP contribution in [0, 0.1) is 0 Å². The molecule has 0 amide bonds. The van der Waals surface area contributed by atoms with E-state index in [0.29, 0.717) is 12.1 Å². The molecule has 1 saturated carbocycles. The van der Waals surface area contributed by atoms with Gasteiger partial charge >= 0.3 is 0 Å². The minimum atomic E-state index is 0.253. The predicted octanol–water partition coefficient (Wildman–Crippen LogP) is 4.59. The number of nitrogens with one attached hydrogen (secondary N) is 1. The highest BCUT2D eigenvalue weighted by Crippen LogP contribution is 2.43. The van der Waals surface area contributed by atoms with Crippen LogP contribution in [0.1, 0.15) is 57.1 Å². The monoisotopic (exact) mass is 337 g/mol. The molecule has 20 heavy (non-hydrogen) atoms. The Morgan fingerprint density at radius 1 is 1.30 bits per heavy atom. The molecule has 1 aliphatic carbocycles. The SMILES string of the molecule is C[C@H](NCC1CCC2(CCCC2)O1)c1ccccc1Br. The summed E-state index contributed by atoms with van der Waals surface area (Å²) in [6.07, 6.45) is 8.16. The summed E-state index contributed by atoms with van der Waals surface area (Å²) in [6, 6.07) is 8.79. The molecule has 2 atom stereocenters. The van der Waals surface area contributed by atoms with E-state index in [-0.39, 0.29) is 5.60 Å². The average molecular weight is 338 g/mol. The molecule has 0 aromatic heterocycles. The number of hydrogen-bond donors (Lipinski definition) is 1. The topological polar surface area (TPSA) is 21.3 Å². The fraction of sp³-hybridized carbons (Fsp3) is 0.647. The lowest BCUT2D eigenvalue weighted by Gasteiger charge is -2.25. The molecule has 1 N–H and O–H groups in total. The van der Waals surface area contributed by atoms with Crippen molar-refractivity contribution in [3.8, 4) is 0 Å². The van der Waals surface area contributed by atoms with Crippen molar-refractivity contribution in [1.29, 1.82) is 0 Å². The van der Waals surface area contributed by atoms with Gasteiger partial charge in [0.1, 0.15) is 0 Å². The van der Waals surface area contributed by atoms with Crippen LogP contribution in [0.4, 0.5) is 0 Å². The average Bonchev–Trinajstić information content (AvgIpc) is 3.07. The Morgan fingerprint density at radius 3 is 2.80 bits per heavy atom. The van der Waals surface area contributed by atoms with Crippen molar-refractivity contribution in [3.05, 3.63) is 34.3 Å². The summed E-state index contributed by atoms with van der Waals surface area (Å²) in [5, 5.41) is 3.63. The highest BCUT2D eigenvalue weighted by Gasteiger charge is 2.41. The number of halogens is 1. The molecular formula is C17H24BrNO. The minimum Gasteiger partial charge on any atom is -0.370 e. The van der Waals surface area contributed by atoms with Crippen LogP contribution in [0.25, 0.3) is 0 Å². The first-order valence-electron chi connectivity index (χ1n) is 7.84. The molecule has 1 aromatic rings. The van der Waals surface area contributed by atoms with Crippen molar-refractivity contribution in [2.24, 2.45) is 0 Å². The summed E-state index contributed by atoms with van der Waals surface area (Å²) in [4.78, 5) is 0. The summed E-state index contributed by atoms with van der Waals surface area (Å²) >= 11 is 3.63. The first-order valence-corrected chi connectivity index (χ1v) is 8.63. The molecule has 2 nitrogen and oxygen atoms in total. The van der Waals surface area contributed by atoms with E-state index >= 15 is 0 Å². The summed E-state index contributed by atoms with van der Waals surface area (Å²) in [6.45, 7) is 3.19. The summed E-state index contributed by atoms with van der Waals surface area (Å²) in [5.74, 6) is 0. The summed E-state index contributed by atoms with van der Waals surface area (Å²) in [7, 11) is 0. The molecule has 1 aliphatic heterocycles. The van der Waals surface area contributed by atoms with E-state index < -0.39 is 0 Å². The van der Waals surface area contributed by atoms with E-state index in [1.54, 1.807) is 0 Å². The maximum Gasteiger partial charge on any atom is 0.0708 e. The van der Waals surface area contributed by atoms with Crippen LogP contribution in [0.15, 0.2) is 28.7 Å². The number of rotatable bonds is 4. The highest BCUT2D eigenvalue weighted by molar-refractivity contribution is 9.10. The van der Waals surface area contributed by atoms with E-state index in [2.05, 4.69) is 52.4 Å². The molecule has 1 unspecified atom stereocenters. The molecule has 0 radical (unpaired) electrons. The maximum atomic E-state index is 6.35. The fourth-order valence-electron chi connectivity index (χ4n) is 3.67. The minimum absolute atomic E-state index is 0.253. The fourth-order valence-corrected chi connectivity index (χ4v) is 4.30. The van der Waals surface area contributed by atoms with Crippen molar-refractivity contribution >= 4 is 15.9 Å². The predicted molar refractivity (Wildman–Crippen MR) is 85.9 cm³/mol. The Hall–Kier alpha value is -0.380. The van der Waals surface area contributed by atoms with E-state index in [9.17, 15) is 0 Å². The summed E-state index contributed by atoms with van der Waals surface area (Å²) in [5.41, 5.74) is 1.57. The lowest BCUT2D eigenvalue weighted by atomic mass is 9.98. The Morgan fingerprint density at radius 2 is 2.05 bits per heavy atom. The van der Waals surface area contributed by atoms with Crippen LogP contribution in [0.5, 0.6) is 0 Å². The third-order valence-corrected chi connectivity index (χ3v) is 5.60. The second-order valence-corrected chi connectivity index (χ2v) is 7.17. The number of ether oxygens (including phenoxy) is 1. The molecule has 110 valence electrons. The zero-order chi connectivity index (χ0) is 14.0. The van der Waals surface area contributed by atoms with Gasteiger partial charge in [0.15, 0.2) is 0 Å². The first-order chi connectivity index (χ1) is 9.69. The van der Waals surface area contributed by atoms with Crippen LogP contribution in [0.3, 0.4) is 0 Å². The van der Waals surface area contributed by atoms with Crippen LogP contribution in [-0.2, 0) is 4.74 Å². The van der Waals surface area contributed by atoms with Crippen molar-refractivity contribution in [2.45, 2.75) is 63.2 Å². The molecule has 3 heteroatoms. The standard InChI is InChI=1S/C17H24BrNO/c1-13(15-6-2-3-7-16(15)18)19-12-14-8-11-17(20-14)9-4-5-10-17/h2-3,6-7,13-14,19H,4-5,8-12H2,1H3/t13-,14?/m0/s1. The third-order valence-electron chi connectivity index (χ3n) is 4.88. The Kier molecular flexibility index (Phi) is 4.49. The van der Waals surface area contributed by atoms with Gasteiger partial charge in [-0.1, -0.05) is 47.0 Å². The lowest BCUT2D eigenvalue weighted by Crippen LogP contribution is -2.32. The molecule has 2 fully saturated rings. The van der Waals surface area contributed by atoms with Gasteiger partial charge in [-0.3, -0.25) is 0 Å². The van der Waals surface area contributed by atoms with E-state index in [4.69, 9.17) is 4.74 Å². The lowest BCUT2D eigenvalue weighted by molar-refractivity contribution is -0.0357.